The second-order valence-corrected chi connectivity index (χ2v) is 7.78. The molecule has 29 heavy (non-hydrogen) atoms. The predicted molar refractivity (Wildman–Crippen MR) is 112 cm³/mol. The van der Waals surface area contributed by atoms with Crippen LogP contribution in [0.15, 0.2) is 66.0 Å². The molecule has 1 unspecified atom stereocenters. The number of amides is 3. The van der Waals surface area contributed by atoms with E-state index in [9.17, 15) is 14.4 Å². The highest BCUT2D eigenvalue weighted by molar-refractivity contribution is 7.12. The summed E-state index contributed by atoms with van der Waals surface area (Å²) in [5.41, 5.74) is 8.65. The molecule has 1 aliphatic rings. The lowest BCUT2D eigenvalue weighted by molar-refractivity contribution is -0.122. The Morgan fingerprint density at radius 1 is 0.966 bits per heavy atom. The van der Waals surface area contributed by atoms with Crippen LogP contribution in [0.5, 0.6) is 0 Å². The van der Waals surface area contributed by atoms with Gasteiger partial charge in [0, 0.05) is 24.2 Å². The Labute approximate surface area is 172 Å². The zero-order valence-electron chi connectivity index (χ0n) is 15.5. The Hall–Kier alpha value is -3.45. The summed E-state index contributed by atoms with van der Waals surface area (Å²) in [7, 11) is 0. The Kier molecular flexibility index (Phi) is 5.14. The molecule has 1 atom stereocenters. The Morgan fingerprint density at radius 2 is 1.69 bits per heavy atom. The van der Waals surface area contributed by atoms with Gasteiger partial charge in [-0.1, -0.05) is 30.3 Å². The Balaban J connectivity index is 1.52. The maximum atomic E-state index is 13.1. The van der Waals surface area contributed by atoms with Crippen molar-refractivity contribution in [2.75, 3.05) is 5.32 Å². The average molecular weight is 405 g/mol. The molecule has 3 aromatic rings. The highest BCUT2D eigenvalue weighted by Crippen LogP contribution is 2.25. The molecule has 0 saturated heterocycles. The zero-order chi connectivity index (χ0) is 20.4. The Morgan fingerprint density at radius 3 is 2.34 bits per heavy atom. The molecule has 7 heteroatoms. The van der Waals surface area contributed by atoms with Gasteiger partial charge in [0.1, 0.15) is 6.04 Å². The number of thiophene rings is 1. The van der Waals surface area contributed by atoms with Crippen LogP contribution >= 0.6 is 11.3 Å². The number of rotatable bonds is 4. The van der Waals surface area contributed by atoms with E-state index in [-0.39, 0.29) is 11.8 Å². The van der Waals surface area contributed by atoms with E-state index < -0.39 is 11.9 Å². The molecule has 0 saturated carbocycles. The van der Waals surface area contributed by atoms with Crippen molar-refractivity contribution in [1.82, 2.24) is 4.90 Å². The van der Waals surface area contributed by atoms with Gasteiger partial charge >= 0.3 is 0 Å². The lowest BCUT2D eigenvalue weighted by Gasteiger charge is -2.35. The minimum atomic E-state index is -0.685. The first-order valence-electron chi connectivity index (χ1n) is 9.15. The van der Waals surface area contributed by atoms with Gasteiger partial charge in [0.15, 0.2) is 0 Å². The fraction of sp³-hybridized carbons (Fsp3) is 0.136. The number of anilines is 1. The van der Waals surface area contributed by atoms with Crippen molar-refractivity contribution in [3.8, 4) is 0 Å². The van der Waals surface area contributed by atoms with Crippen molar-refractivity contribution in [3.05, 3.63) is 87.6 Å². The van der Waals surface area contributed by atoms with Crippen LogP contribution in [-0.4, -0.2) is 28.7 Å². The number of hydrogen-bond acceptors (Lipinski definition) is 4. The molecule has 3 N–H and O–H groups in total. The number of nitrogens with one attached hydrogen (secondary N) is 1. The van der Waals surface area contributed by atoms with Gasteiger partial charge in [-0.25, -0.2) is 0 Å². The van der Waals surface area contributed by atoms with E-state index in [1.165, 1.54) is 16.2 Å². The van der Waals surface area contributed by atoms with E-state index in [2.05, 4.69) is 5.32 Å². The monoisotopic (exact) mass is 405 g/mol. The topological polar surface area (TPSA) is 92.5 Å². The summed E-state index contributed by atoms with van der Waals surface area (Å²) in [6, 6.07) is 17.3. The van der Waals surface area contributed by atoms with Crippen LogP contribution in [0.1, 0.15) is 31.2 Å². The van der Waals surface area contributed by atoms with Crippen LogP contribution in [0.2, 0.25) is 0 Å². The lowest BCUT2D eigenvalue weighted by Crippen LogP contribution is -2.51. The van der Waals surface area contributed by atoms with E-state index in [0.29, 0.717) is 29.1 Å². The summed E-state index contributed by atoms with van der Waals surface area (Å²) >= 11 is 1.36. The number of hydrogen-bond donors (Lipinski definition) is 2. The first kappa shape index (κ1) is 18.9. The standard InChI is InChI=1S/C22H19N3O3S/c23-20(26)18-12-15-4-1-2-5-16(15)13-25(18)22(28)14-7-9-17(10-8-14)24-21(27)19-6-3-11-29-19/h1-11,18H,12-13H2,(H2,23,26)(H,24,27). The maximum absolute atomic E-state index is 13.1. The molecule has 0 radical (unpaired) electrons. The van der Waals surface area contributed by atoms with Crippen LogP contribution in [0.25, 0.3) is 0 Å². The minimum Gasteiger partial charge on any atom is -0.368 e. The molecular weight excluding hydrogens is 386 g/mol. The van der Waals surface area contributed by atoms with Crippen LogP contribution in [0, 0.1) is 0 Å². The first-order chi connectivity index (χ1) is 14.0. The van der Waals surface area contributed by atoms with E-state index in [0.717, 1.165) is 11.1 Å². The molecular formula is C22H19N3O3S. The summed E-state index contributed by atoms with van der Waals surface area (Å²) in [5.74, 6) is -0.979. The zero-order valence-corrected chi connectivity index (χ0v) is 16.3. The molecule has 146 valence electrons. The van der Waals surface area contributed by atoms with Gasteiger partial charge in [0.05, 0.1) is 4.88 Å². The molecule has 1 aromatic heterocycles. The smallest absolute Gasteiger partial charge is 0.265 e. The van der Waals surface area contributed by atoms with Gasteiger partial charge in [0.2, 0.25) is 5.91 Å². The molecule has 6 nitrogen and oxygen atoms in total. The van der Waals surface area contributed by atoms with Crippen LogP contribution in [-0.2, 0) is 17.8 Å². The average Bonchev–Trinajstić information content (AvgIpc) is 3.28. The summed E-state index contributed by atoms with van der Waals surface area (Å²) in [5, 5.41) is 4.64. The molecule has 3 amide bonds. The van der Waals surface area contributed by atoms with Crippen LogP contribution in [0.4, 0.5) is 5.69 Å². The fourth-order valence-corrected chi connectivity index (χ4v) is 4.07. The van der Waals surface area contributed by atoms with Crippen molar-refractivity contribution in [2.24, 2.45) is 5.73 Å². The summed E-state index contributed by atoms with van der Waals surface area (Å²) in [6.45, 7) is 0.333. The van der Waals surface area contributed by atoms with E-state index >= 15 is 0 Å². The highest BCUT2D eigenvalue weighted by atomic mass is 32.1. The van der Waals surface area contributed by atoms with Crippen molar-refractivity contribution < 1.29 is 14.4 Å². The van der Waals surface area contributed by atoms with E-state index in [1.54, 1.807) is 30.3 Å². The summed E-state index contributed by atoms with van der Waals surface area (Å²) in [4.78, 5) is 39.3. The third kappa shape index (κ3) is 3.90. The number of carbonyl (C=O) groups is 3. The van der Waals surface area contributed by atoms with Crippen molar-refractivity contribution in [1.29, 1.82) is 0 Å². The van der Waals surface area contributed by atoms with Crippen LogP contribution < -0.4 is 11.1 Å². The number of benzene rings is 2. The van der Waals surface area contributed by atoms with Gasteiger partial charge < -0.3 is 16.0 Å². The predicted octanol–water partition coefficient (Wildman–Crippen LogP) is 3.05. The summed E-state index contributed by atoms with van der Waals surface area (Å²) < 4.78 is 0. The third-order valence-corrected chi connectivity index (χ3v) is 5.84. The Bertz CT molecular complexity index is 1060. The second-order valence-electron chi connectivity index (χ2n) is 6.83. The normalized spacial score (nSPS) is 15.4. The second kappa shape index (κ2) is 7.89. The third-order valence-electron chi connectivity index (χ3n) is 4.97. The van der Waals surface area contributed by atoms with Crippen molar-refractivity contribution >= 4 is 34.7 Å². The lowest BCUT2D eigenvalue weighted by atomic mass is 9.93. The van der Waals surface area contributed by atoms with E-state index in [4.69, 9.17) is 5.73 Å². The molecule has 0 bridgehead atoms. The summed E-state index contributed by atoms with van der Waals surface area (Å²) in [6.07, 6.45) is 0.409. The first-order valence-corrected chi connectivity index (χ1v) is 10.0. The van der Waals surface area contributed by atoms with Crippen molar-refractivity contribution in [3.63, 3.8) is 0 Å². The van der Waals surface area contributed by atoms with Gasteiger partial charge in [0.25, 0.3) is 11.8 Å². The van der Waals surface area contributed by atoms with Crippen LogP contribution in [0.3, 0.4) is 0 Å². The minimum absolute atomic E-state index is 0.194. The molecule has 0 fully saturated rings. The van der Waals surface area contributed by atoms with E-state index in [1.807, 2.05) is 35.7 Å². The van der Waals surface area contributed by atoms with Gasteiger partial charge in [-0.3, -0.25) is 14.4 Å². The van der Waals surface area contributed by atoms with Gasteiger partial charge in [-0.05, 0) is 46.8 Å². The molecule has 1 aliphatic heterocycles. The highest BCUT2D eigenvalue weighted by Gasteiger charge is 2.33. The SMILES string of the molecule is NC(=O)C1Cc2ccccc2CN1C(=O)c1ccc(NC(=O)c2cccs2)cc1. The number of nitrogens with two attached hydrogens (primary N) is 1. The molecule has 2 aromatic carbocycles. The van der Waals surface area contributed by atoms with Gasteiger partial charge in [-0.2, -0.15) is 0 Å². The molecule has 2 heterocycles. The number of fused-ring (bicyclic) bond motifs is 1. The maximum Gasteiger partial charge on any atom is 0.265 e. The number of carbonyl (C=O) groups excluding carboxylic acids is 3. The van der Waals surface area contributed by atoms with Gasteiger partial charge in [-0.15, -0.1) is 11.3 Å². The molecule has 0 spiro atoms. The van der Waals surface area contributed by atoms with Crippen molar-refractivity contribution in [2.45, 2.75) is 19.0 Å². The quantitative estimate of drug-likeness (QED) is 0.699. The molecule has 4 rings (SSSR count). The fourth-order valence-electron chi connectivity index (χ4n) is 3.45. The molecule has 0 aliphatic carbocycles. The largest absolute Gasteiger partial charge is 0.368 e. The number of nitrogens with zero attached hydrogens (tertiary/aromatic N) is 1. The number of primary amides is 1.